The van der Waals surface area contributed by atoms with Crippen LogP contribution in [0.25, 0.3) is 0 Å². The van der Waals surface area contributed by atoms with E-state index in [2.05, 4.69) is 69.8 Å². The normalized spacial score (nSPS) is 13.2. The summed E-state index contributed by atoms with van der Waals surface area (Å²) in [6.07, 6.45) is 23.9. The van der Waals surface area contributed by atoms with Crippen LogP contribution in [-0.2, 0) is 25.6 Å². The molecule has 0 N–H and O–H groups in total. The van der Waals surface area contributed by atoms with E-state index in [9.17, 15) is 9.59 Å². The summed E-state index contributed by atoms with van der Waals surface area (Å²) < 4.78 is 13.5. The van der Waals surface area contributed by atoms with Crippen molar-refractivity contribution in [1.82, 2.24) is 14.5 Å². The Kier molecular flexibility index (Phi) is 26.5. The molecule has 1 unspecified atom stereocenters. The predicted octanol–water partition coefficient (Wildman–Crippen LogP) is 10.8. The van der Waals surface area contributed by atoms with E-state index in [4.69, 9.17) is 9.47 Å². The number of esters is 2. The third kappa shape index (κ3) is 25.7. The average molecular weight is 690 g/mol. The fraction of sp³-hybridized carbons (Fsp3) is 0.881. The molecule has 0 spiro atoms. The molecule has 1 rings (SSSR count). The number of imidazole rings is 1. The fourth-order valence-electron chi connectivity index (χ4n) is 6.36. The molecule has 0 aliphatic carbocycles. The first-order chi connectivity index (χ1) is 23.5. The maximum atomic E-state index is 12.3. The van der Waals surface area contributed by atoms with Gasteiger partial charge in [0.15, 0.2) is 0 Å². The Morgan fingerprint density at radius 2 is 1.02 bits per heavy atom. The van der Waals surface area contributed by atoms with Crippen LogP contribution in [0.3, 0.4) is 0 Å². The van der Waals surface area contributed by atoms with Crippen LogP contribution in [0.2, 0.25) is 0 Å². The molecular formula is C42H79N3O4. The topological polar surface area (TPSA) is 73.7 Å². The molecule has 0 aliphatic rings. The minimum Gasteiger partial charge on any atom is -0.465 e. The number of rotatable bonds is 32. The van der Waals surface area contributed by atoms with Gasteiger partial charge in [0.05, 0.1) is 19.5 Å². The Morgan fingerprint density at radius 1 is 0.592 bits per heavy atom. The number of hydrogen-bond acceptors (Lipinski definition) is 6. The van der Waals surface area contributed by atoms with Crippen molar-refractivity contribution in [2.45, 2.75) is 171 Å². The number of carbonyl (C=O) groups excluding carboxylic acids is 2. The lowest BCUT2D eigenvalue weighted by Crippen LogP contribution is -2.28. The zero-order valence-electron chi connectivity index (χ0n) is 33.4. The average Bonchev–Trinajstić information content (AvgIpc) is 3.56. The maximum absolute atomic E-state index is 12.3. The second kappa shape index (κ2) is 28.8. The Bertz CT molecular complexity index is 861. The highest BCUT2D eigenvalue weighted by molar-refractivity contribution is 5.69. The summed E-state index contributed by atoms with van der Waals surface area (Å²) in [5.41, 5.74) is 0. The number of ether oxygens (including phenoxy) is 2. The maximum Gasteiger partial charge on any atom is 0.305 e. The zero-order chi connectivity index (χ0) is 36.3. The molecule has 286 valence electrons. The van der Waals surface area contributed by atoms with Gasteiger partial charge in [-0.05, 0) is 100 Å². The van der Waals surface area contributed by atoms with E-state index in [0.29, 0.717) is 61.6 Å². The van der Waals surface area contributed by atoms with Crippen LogP contribution >= 0.6 is 0 Å². The molecule has 0 bridgehead atoms. The highest BCUT2D eigenvalue weighted by Gasteiger charge is 2.18. The summed E-state index contributed by atoms with van der Waals surface area (Å²) in [5.74, 6) is 3.38. The monoisotopic (exact) mass is 690 g/mol. The van der Waals surface area contributed by atoms with Crippen LogP contribution in [0, 0.1) is 35.5 Å². The Balaban J connectivity index is 2.24. The molecule has 1 heterocycles. The third-order valence-electron chi connectivity index (χ3n) is 10.2. The summed E-state index contributed by atoms with van der Waals surface area (Å²) in [6.45, 7) is 23.5. The number of aryl methyl sites for hydroxylation is 1. The molecule has 7 nitrogen and oxygen atoms in total. The molecule has 2 atom stereocenters. The first-order valence-corrected chi connectivity index (χ1v) is 20.5. The van der Waals surface area contributed by atoms with Gasteiger partial charge in [-0.15, -0.1) is 0 Å². The van der Waals surface area contributed by atoms with Crippen LogP contribution in [0.1, 0.15) is 165 Å². The molecule has 0 fully saturated rings. The van der Waals surface area contributed by atoms with Gasteiger partial charge in [-0.25, -0.2) is 4.98 Å². The predicted molar refractivity (Wildman–Crippen MR) is 205 cm³/mol. The second-order valence-electron chi connectivity index (χ2n) is 16.3. The third-order valence-corrected chi connectivity index (χ3v) is 10.2. The molecule has 1 aromatic rings. The van der Waals surface area contributed by atoms with E-state index < -0.39 is 0 Å². The molecule has 0 radical (unpaired) electrons. The SMILES string of the molecule is CC(C)CCC(COC(=O)CCCCCCCN(CCCCCCCC(=O)OC[C@H](CCC(C)C)C(C)C)CCCn1ccnc1)C(C)C. The Hall–Kier alpha value is -1.89. The largest absolute Gasteiger partial charge is 0.465 e. The van der Waals surface area contributed by atoms with Gasteiger partial charge < -0.3 is 18.9 Å². The molecule has 1 aromatic heterocycles. The van der Waals surface area contributed by atoms with Crippen molar-refractivity contribution >= 4 is 11.9 Å². The lowest BCUT2D eigenvalue weighted by atomic mass is 9.89. The first-order valence-electron chi connectivity index (χ1n) is 20.5. The molecule has 0 saturated heterocycles. The highest BCUT2D eigenvalue weighted by atomic mass is 16.5. The summed E-state index contributed by atoms with van der Waals surface area (Å²) >= 11 is 0. The van der Waals surface area contributed by atoms with Crippen molar-refractivity contribution in [2.75, 3.05) is 32.8 Å². The van der Waals surface area contributed by atoms with E-state index in [-0.39, 0.29) is 11.9 Å². The molecule has 0 saturated carbocycles. The van der Waals surface area contributed by atoms with Crippen molar-refractivity contribution in [2.24, 2.45) is 35.5 Å². The van der Waals surface area contributed by atoms with Gasteiger partial charge in [0.1, 0.15) is 0 Å². The quantitative estimate of drug-likeness (QED) is 0.0554. The van der Waals surface area contributed by atoms with Crippen LogP contribution in [0.5, 0.6) is 0 Å². The summed E-state index contributed by atoms with van der Waals surface area (Å²) in [7, 11) is 0. The van der Waals surface area contributed by atoms with E-state index in [1.807, 2.05) is 18.7 Å². The number of unbranched alkanes of at least 4 members (excludes halogenated alkanes) is 8. The second-order valence-corrected chi connectivity index (χ2v) is 16.3. The summed E-state index contributed by atoms with van der Waals surface area (Å²) in [6, 6.07) is 0. The van der Waals surface area contributed by atoms with E-state index in [1.165, 1.54) is 51.4 Å². The van der Waals surface area contributed by atoms with Gasteiger partial charge in [-0.3, -0.25) is 9.59 Å². The van der Waals surface area contributed by atoms with Crippen molar-refractivity contribution in [3.05, 3.63) is 18.7 Å². The van der Waals surface area contributed by atoms with Gasteiger partial charge >= 0.3 is 11.9 Å². The number of hydrogen-bond donors (Lipinski definition) is 0. The highest BCUT2D eigenvalue weighted by Crippen LogP contribution is 2.22. The van der Waals surface area contributed by atoms with E-state index in [0.717, 1.165) is 71.1 Å². The number of nitrogens with zero attached hydrogens (tertiary/aromatic N) is 3. The molecule has 0 amide bonds. The van der Waals surface area contributed by atoms with Crippen molar-refractivity contribution in [3.63, 3.8) is 0 Å². The molecule has 0 aliphatic heterocycles. The van der Waals surface area contributed by atoms with Gasteiger partial charge in [-0.2, -0.15) is 0 Å². The zero-order valence-corrected chi connectivity index (χ0v) is 33.4. The lowest BCUT2D eigenvalue weighted by molar-refractivity contribution is -0.146. The van der Waals surface area contributed by atoms with E-state index in [1.54, 1.807) is 0 Å². The van der Waals surface area contributed by atoms with Crippen LogP contribution in [0.15, 0.2) is 18.7 Å². The molecule has 49 heavy (non-hydrogen) atoms. The number of carbonyl (C=O) groups is 2. The van der Waals surface area contributed by atoms with Crippen LogP contribution in [0.4, 0.5) is 0 Å². The number of aromatic nitrogens is 2. The standard InChI is InChI=1S/C42H79N3O4/c1-35(2)22-24-39(37(5)6)32-48-41(46)20-15-11-9-13-17-27-44(29-19-30-45-31-26-43-34-45)28-18-14-10-12-16-21-42(47)49-33-40(38(7)8)25-23-36(3)4/h26,31,34-40H,9-25,27-30,32-33H2,1-8H3/t39-,40?/m0/s1. The minimum atomic E-state index is -0.0218. The van der Waals surface area contributed by atoms with Crippen molar-refractivity contribution in [3.8, 4) is 0 Å². The van der Waals surface area contributed by atoms with Gasteiger partial charge in [0.25, 0.3) is 0 Å². The van der Waals surface area contributed by atoms with Crippen LogP contribution in [-0.4, -0.2) is 59.2 Å². The van der Waals surface area contributed by atoms with Crippen LogP contribution < -0.4 is 0 Å². The smallest absolute Gasteiger partial charge is 0.305 e. The Labute approximate surface area is 303 Å². The van der Waals surface area contributed by atoms with E-state index >= 15 is 0 Å². The fourth-order valence-corrected chi connectivity index (χ4v) is 6.36. The summed E-state index contributed by atoms with van der Waals surface area (Å²) in [4.78, 5) is 31.5. The molecule has 7 heteroatoms. The first kappa shape index (κ1) is 45.1. The lowest BCUT2D eigenvalue weighted by Gasteiger charge is -2.22. The van der Waals surface area contributed by atoms with Gasteiger partial charge in [0, 0.05) is 31.8 Å². The van der Waals surface area contributed by atoms with Crippen molar-refractivity contribution < 1.29 is 19.1 Å². The Morgan fingerprint density at radius 3 is 1.43 bits per heavy atom. The van der Waals surface area contributed by atoms with Gasteiger partial charge in [0.2, 0.25) is 0 Å². The summed E-state index contributed by atoms with van der Waals surface area (Å²) in [5, 5.41) is 0. The van der Waals surface area contributed by atoms with Crippen molar-refractivity contribution in [1.29, 1.82) is 0 Å². The molecular weight excluding hydrogens is 610 g/mol. The molecule has 0 aromatic carbocycles. The van der Waals surface area contributed by atoms with Gasteiger partial charge in [-0.1, -0.05) is 107 Å². The minimum absolute atomic E-state index is 0.0218.